The van der Waals surface area contributed by atoms with Crippen LogP contribution in [0.4, 0.5) is 0 Å². The second kappa shape index (κ2) is 5.46. The average Bonchev–Trinajstić information content (AvgIpc) is 2.65. The SMILES string of the molecule is CCCNCc1cncn1C1CC(OC)C1. The van der Waals surface area contributed by atoms with Crippen LogP contribution >= 0.6 is 0 Å². The number of nitrogens with one attached hydrogen (secondary N) is 1. The van der Waals surface area contributed by atoms with Crippen LogP contribution in [0.25, 0.3) is 0 Å². The number of ether oxygens (including phenoxy) is 1. The van der Waals surface area contributed by atoms with Crippen molar-refractivity contribution in [3.63, 3.8) is 0 Å². The van der Waals surface area contributed by atoms with Gasteiger partial charge in [-0.2, -0.15) is 0 Å². The first-order valence-electron chi connectivity index (χ1n) is 6.09. The number of hydrogen-bond donors (Lipinski definition) is 1. The van der Waals surface area contributed by atoms with E-state index in [2.05, 4.69) is 21.8 Å². The first-order chi connectivity index (χ1) is 7.85. The van der Waals surface area contributed by atoms with E-state index in [1.54, 1.807) is 7.11 Å². The molecule has 4 heteroatoms. The number of nitrogens with zero attached hydrogens (tertiary/aromatic N) is 2. The number of aromatic nitrogens is 2. The van der Waals surface area contributed by atoms with E-state index in [1.165, 1.54) is 12.1 Å². The summed E-state index contributed by atoms with van der Waals surface area (Å²) in [5.74, 6) is 0. The summed E-state index contributed by atoms with van der Waals surface area (Å²) in [5, 5.41) is 3.41. The highest BCUT2D eigenvalue weighted by molar-refractivity contribution is 5.03. The van der Waals surface area contributed by atoms with E-state index in [9.17, 15) is 0 Å². The maximum Gasteiger partial charge on any atom is 0.0951 e. The Balaban J connectivity index is 1.87. The molecule has 1 aromatic heterocycles. The quantitative estimate of drug-likeness (QED) is 0.747. The van der Waals surface area contributed by atoms with Crippen molar-refractivity contribution in [3.8, 4) is 0 Å². The highest BCUT2D eigenvalue weighted by atomic mass is 16.5. The maximum atomic E-state index is 5.30. The second-order valence-electron chi connectivity index (χ2n) is 4.45. The lowest BCUT2D eigenvalue weighted by atomic mass is 9.89. The molecule has 1 N–H and O–H groups in total. The second-order valence-corrected chi connectivity index (χ2v) is 4.45. The minimum Gasteiger partial charge on any atom is -0.381 e. The van der Waals surface area contributed by atoms with Gasteiger partial charge in [0.2, 0.25) is 0 Å². The van der Waals surface area contributed by atoms with Crippen molar-refractivity contribution in [2.45, 2.75) is 44.9 Å². The molecule has 0 saturated heterocycles. The van der Waals surface area contributed by atoms with E-state index in [0.29, 0.717) is 12.1 Å². The van der Waals surface area contributed by atoms with Crippen LogP contribution in [0.15, 0.2) is 12.5 Å². The van der Waals surface area contributed by atoms with E-state index >= 15 is 0 Å². The molecule has 16 heavy (non-hydrogen) atoms. The fourth-order valence-electron chi connectivity index (χ4n) is 2.15. The Bertz CT molecular complexity index is 318. The molecule has 1 fully saturated rings. The fraction of sp³-hybridized carbons (Fsp3) is 0.750. The van der Waals surface area contributed by atoms with Crippen molar-refractivity contribution < 1.29 is 4.74 Å². The zero-order valence-corrected chi connectivity index (χ0v) is 10.1. The molecule has 0 aromatic carbocycles. The number of hydrogen-bond acceptors (Lipinski definition) is 3. The minimum absolute atomic E-state index is 0.448. The standard InChI is InChI=1S/C12H21N3O/c1-3-4-13-7-11-8-14-9-15(11)10-5-12(6-10)16-2/h8-10,12-13H,3-7H2,1-2H3. The Morgan fingerprint density at radius 2 is 2.38 bits per heavy atom. The van der Waals surface area contributed by atoms with Crippen LogP contribution in [-0.4, -0.2) is 29.3 Å². The molecule has 0 unspecified atom stereocenters. The van der Waals surface area contributed by atoms with Gasteiger partial charge in [-0.25, -0.2) is 4.98 Å². The maximum absolute atomic E-state index is 5.30. The van der Waals surface area contributed by atoms with Gasteiger partial charge in [-0.15, -0.1) is 0 Å². The zero-order chi connectivity index (χ0) is 11.4. The zero-order valence-electron chi connectivity index (χ0n) is 10.1. The van der Waals surface area contributed by atoms with Crippen molar-refractivity contribution in [2.24, 2.45) is 0 Å². The van der Waals surface area contributed by atoms with Crippen LogP contribution in [0.3, 0.4) is 0 Å². The van der Waals surface area contributed by atoms with Gasteiger partial charge >= 0.3 is 0 Å². The molecule has 1 heterocycles. The smallest absolute Gasteiger partial charge is 0.0951 e. The Kier molecular flexibility index (Phi) is 3.96. The molecular formula is C12H21N3O. The number of imidazole rings is 1. The van der Waals surface area contributed by atoms with Gasteiger partial charge in [0.25, 0.3) is 0 Å². The first-order valence-corrected chi connectivity index (χ1v) is 6.09. The molecule has 4 nitrogen and oxygen atoms in total. The van der Waals surface area contributed by atoms with Gasteiger partial charge in [0.15, 0.2) is 0 Å². The van der Waals surface area contributed by atoms with Gasteiger partial charge in [0, 0.05) is 25.9 Å². The van der Waals surface area contributed by atoms with E-state index in [0.717, 1.165) is 25.9 Å². The molecule has 0 spiro atoms. The predicted octanol–water partition coefficient (Wildman–Crippen LogP) is 1.73. The fourth-order valence-corrected chi connectivity index (χ4v) is 2.15. The van der Waals surface area contributed by atoms with Crippen molar-refractivity contribution in [1.82, 2.24) is 14.9 Å². The van der Waals surface area contributed by atoms with Gasteiger partial charge in [-0.1, -0.05) is 6.92 Å². The summed E-state index contributed by atoms with van der Waals surface area (Å²) in [6, 6.07) is 0.589. The van der Waals surface area contributed by atoms with Gasteiger partial charge in [-0.05, 0) is 25.8 Å². The van der Waals surface area contributed by atoms with Crippen LogP contribution in [0.2, 0.25) is 0 Å². The summed E-state index contributed by atoms with van der Waals surface area (Å²) in [6.45, 7) is 4.16. The van der Waals surface area contributed by atoms with E-state index in [1.807, 2.05) is 12.5 Å². The van der Waals surface area contributed by atoms with Crippen molar-refractivity contribution in [1.29, 1.82) is 0 Å². The van der Waals surface area contributed by atoms with Crippen molar-refractivity contribution >= 4 is 0 Å². The molecule has 2 rings (SSSR count). The molecule has 0 aliphatic heterocycles. The van der Waals surface area contributed by atoms with Gasteiger partial charge in [0.1, 0.15) is 0 Å². The lowest BCUT2D eigenvalue weighted by Gasteiger charge is -2.35. The lowest BCUT2D eigenvalue weighted by molar-refractivity contribution is 0.00536. The van der Waals surface area contributed by atoms with E-state index in [-0.39, 0.29) is 0 Å². The summed E-state index contributed by atoms with van der Waals surface area (Å²) >= 11 is 0. The molecule has 1 aliphatic rings. The summed E-state index contributed by atoms with van der Waals surface area (Å²) < 4.78 is 7.59. The Hall–Kier alpha value is -0.870. The lowest BCUT2D eigenvalue weighted by Crippen LogP contribution is -2.33. The molecule has 1 aliphatic carbocycles. The van der Waals surface area contributed by atoms with Crippen LogP contribution < -0.4 is 5.32 Å². The summed E-state index contributed by atoms with van der Waals surface area (Å²) in [7, 11) is 1.79. The molecule has 0 atom stereocenters. The van der Waals surface area contributed by atoms with Crippen molar-refractivity contribution in [3.05, 3.63) is 18.2 Å². The van der Waals surface area contributed by atoms with Crippen LogP contribution in [-0.2, 0) is 11.3 Å². The number of rotatable bonds is 6. The highest BCUT2D eigenvalue weighted by Crippen LogP contribution is 2.34. The van der Waals surface area contributed by atoms with Crippen LogP contribution in [0.1, 0.15) is 37.9 Å². The van der Waals surface area contributed by atoms with Crippen LogP contribution in [0.5, 0.6) is 0 Å². The Labute approximate surface area is 97.0 Å². The third-order valence-corrected chi connectivity index (χ3v) is 3.28. The Morgan fingerprint density at radius 3 is 3.06 bits per heavy atom. The van der Waals surface area contributed by atoms with Crippen LogP contribution in [0, 0.1) is 0 Å². The summed E-state index contributed by atoms with van der Waals surface area (Å²) in [4.78, 5) is 4.24. The number of methoxy groups -OCH3 is 1. The van der Waals surface area contributed by atoms with Crippen molar-refractivity contribution in [2.75, 3.05) is 13.7 Å². The van der Waals surface area contributed by atoms with Gasteiger partial charge in [0.05, 0.1) is 18.1 Å². The van der Waals surface area contributed by atoms with E-state index < -0.39 is 0 Å². The highest BCUT2D eigenvalue weighted by Gasteiger charge is 2.31. The minimum atomic E-state index is 0.448. The summed E-state index contributed by atoms with van der Waals surface area (Å²) in [5.41, 5.74) is 1.29. The largest absolute Gasteiger partial charge is 0.381 e. The molecule has 0 bridgehead atoms. The Morgan fingerprint density at radius 1 is 1.56 bits per heavy atom. The van der Waals surface area contributed by atoms with Gasteiger partial charge in [-0.3, -0.25) is 0 Å². The normalized spacial score (nSPS) is 24.4. The summed E-state index contributed by atoms with van der Waals surface area (Å²) in [6.07, 6.45) is 7.76. The molecular weight excluding hydrogens is 202 g/mol. The third-order valence-electron chi connectivity index (χ3n) is 3.28. The monoisotopic (exact) mass is 223 g/mol. The molecule has 0 amide bonds. The average molecular weight is 223 g/mol. The first kappa shape index (κ1) is 11.6. The third kappa shape index (κ3) is 2.44. The molecule has 90 valence electrons. The van der Waals surface area contributed by atoms with E-state index in [4.69, 9.17) is 4.74 Å². The van der Waals surface area contributed by atoms with Gasteiger partial charge < -0.3 is 14.6 Å². The molecule has 1 saturated carbocycles. The topological polar surface area (TPSA) is 39.1 Å². The molecule has 1 aromatic rings. The molecule has 0 radical (unpaired) electrons. The predicted molar refractivity (Wildman–Crippen MR) is 63.3 cm³/mol.